The third kappa shape index (κ3) is 6.03. The number of carbonyl (C=O) groups excluding carboxylic acids is 3. The van der Waals surface area contributed by atoms with Crippen molar-refractivity contribution in [3.63, 3.8) is 0 Å². The SMILES string of the molecule is CCOC(=O)[C@@H]1CCCCN1C(=O)c1cn(CC(C)C)cc(C(=O)N2CCCCCC2)c1=O. The van der Waals surface area contributed by atoms with Crippen molar-refractivity contribution in [3.8, 4) is 0 Å². The maximum Gasteiger partial charge on any atom is 0.328 e. The fraction of sp³-hybridized carbons (Fsp3) is 0.680. The average molecular weight is 460 g/mol. The van der Waals surface area contributed by atoms with Gasteiger partial charge in [-0.2, -0.15) is 0 Å². The van der Waals surface area contributed by atoms with Crippen LogP contribution in [-0.2, 0) is 16.1 Å². The number of piperidine rings is 1. The van der Waals surface area contributed by atoms with E-state index >= 15 is 0 Å². The summed E-state index contributed by atoms with van der Waals surface area (Å²) >= 11 is 0. The first kappa shape index (κ1) is 25.0. The zero-order valence-corrected chi connectivity index (χ0v) is 20.2. The molecule has 0 aromatic carbocycles. The first-order valence-corrected chi connectivity index (χ1v) is 12.3. The topological polar surface area (TPSA) is 88.9 Å². The van der Waals surface area contributed by atoms with Crippen LogP contribution in [0, 0.1) is 5.92 Å². The van der Waals surface area contributed by atoms with E-state index in [-0.39, 0.29) is 29.6 Å². The van der Waals surface area contributed by atoms with Crippen molar-refractivity contribution in [2.24, 2.45) is 5.92 Å². The quantitative estimate of drug-likeness (QED) is 0.610. The highest BCUT2D eigenvalue weighted by atomic mass is 16.5. The van der Waals surface area contributed by atoms with E-state index in [1.54, 1.807) is 28.8 Å². The smallest absolute Gasteiger partial charge is 0.328 e. The Labute approximate surface area is 195 Å². The van der Waals surface area contributed by atoms with Gasteiger partial charge in [-0.3, -0.25) is 14.4 Å². The second kappa shape index (κ2) is 11.5. The van der Waals surface area contributed by atoms with Crippen molar-refractivity contribution in [1.29, 1.82) is 0 Å². The molecule has 0 spiro atoms. The Hall–Kier alpha value is -2.64. The average Bonchev–Trinajstić information content (AvgIpc) is 3.08. The minimum atomic E-state index is -0.700. The van der Waals surface area contributed by atoms with Gasteiger partial charge in [0.2, 0.25) is 5.43 Å². The molecule has 8 nitrogen and oxygen atoms in total. The molecule has 182 valence electrons. The number of amides is 2. The number of hydrogen-bond donors (Lipinski definition) is 0. The summed E-state index contributed by atoms with van der Waals surface area (Å²) in [6, 6.07) is -0.700. The molecule has 0 N–H and O–H groups in total. The number of pyridine rings is 1. The Morgan fingerprint density at radius 2 is 1.55 bits per heavy atom. The van der Waals surface area contributed by atoms with Gasteiger partial charge in [0.05, 0.1) is 6.61 Å². The Bertz CT molecular complexity index is 915. The Balaban J connectivity index is 1.99. The molecule has 2 saturated heterocycles. The highest BCUT2D eigenvalue weighted by Crippen LogP contribution is 2.21. The van der Waals surface area contributed by atoms with E-state index in [4.69, 9.17) is 4.74 Å². The Kier molecular flexibility index (Phi) is 8.69. The van der Waals surface area contributed by atoms with Crippen LogP contribution in [0.15, 0.2) is 17.2 Å². The standard InChI is InChI=1S/C25H37N3O5/c1-4-33-25(32)21-11-7-10-14-28(21)24(31)20-17-26(15-18(2)3)16-19(22(20)29)23(30)27-12-8-5-6-9-13-27/h16-18,21H,4-15H2,1-3H3/t21-/m0/s1. The summed E-state index contributed by atoms with van der Waals surface area (Å²) in [5.74, 6) is -0.987. The molecule has 0 radical (unpaired) electrons. The third-order valence-corrected chi connectivity index (χ3v) is 6.33. The molecule has 8 heteroatoms. The molecule has 0 bridgehead atoms. The molecule has 0 unspecified atom stereocenters. The predicted octanol–water partition coefficient (Wildman–Crippen LogP) is 3.08. The first-order chi connectivity index (χ1) is 15.8. The zero-order valence-electron chi connectivity index (χ0n) is 20.2. The lowest BCUT2D eigenvalue weighted by Gasteiger charge is -2.34. The summed E-state index contributed by atoms with van der Waals surface area (Å²) in [4.78, 5) is 56.0. The van der Waals surface area contributed by atoms with Gasteiger partial charge < -0.3 is 19.1 Å². The lowest BCUT2D eigenvalue weighted by atomic mass is 10.0. The molecule has 0 aliphatic carbocycles. The fourth-order valence-electron chi connectivity index (χ4n) is 4.72. The number of carbonyl (C=O) groups is 3. The van der Waals surface area contributed by atoms with E-state index in [0.717, 1.165) is 38.5 Å². The van der Waals surface area contributed by atoms with Gasteiger partial charge in [-0.25, -0.2) is 4.79 Å². The molecule has 1 aromatic heterocycles. The molecular weight excluding hydrogens is 422 g/mol. The van der Waals surface area contributed by atoms with Crippen molar-refractivity contribution in [3.05, 3.63) is 33.7 Å². The van der Waals surface area contributed by atoms with Crippen LogP contribution in [0.3, 0.4) is 0 Å². The molecule has 2 amide bonds. The third-order valence-electron chi connectivity index (χ3n) is 6.33. The van der Waals surface area contributed by atoms with Crippen LogP contribution in [0.4, 0.5) is 0 Å². The monoisotopic (exact) mass is 459 g/mol. The van der Waals surface area contributed by atoms with Crippen LogP contribution in [0.1, 0.15) is 86.4 Å². The summed E-state index contributed by atoms with van der Waals surface area (Å²) < 4.78 is 6.95. The molecule has 2 aliphatic heterocycles. The molecule has 2 fully saturated rings. The summed E-state index contributed by atoms with van der Waals surface area (Å²) in [6.45, 7) is 8.25. The normalized spacial score (nSPS) is 19.3. The van der Waals surface area contributed by atoms with Crippen molar-refractivity contribution < 1.29 is 19.1 Å². The number of esters is 1. The Morgan fingerprint density at radius 3 is 2.15 bits per heavy atom. The van der Waals surface area contributed by atoms with Gasteiger partial charge in [0.15, 0.2) is 0 Å². The predicted molar refractivity (Wildman–Crippen MR) is 125 cm³/mol. The van der Waals surface area contributed by atoms with E-state index in [0.29, 0.717) is 32.6 Å². The number of nitrogens with zero attached hydrogens (tertiary/aromatic N) is 3. The summed E-state index contributed by atoms with van der Waals surface area (Å²) in [7, 11) is 0. The number of likely N-dealkylation sites (tertiary alicyclic amines) is 2. The largest absolute Gasteiger partial charge is 0.464 e. The molecule has 3 rings (SSSR count). The Morgan fingerprint density at radius 1 is 0.939 bits per heavy atom. The van der Waals surface area contributed by atoms with Gasteiger partial charge >= 0.3 is 5.97 Å². The van der Waals surface area contributed by atoms with E-state index in [1.807, 2.05) is 13.8 Å². The van der Waals surface area contributed by atoms with Gasteiger partial charge in [0, 0.05) is 38.6 Å². The van der Waals surface area contributed by atoms with Gasteiger partial charge in [-0.1, -0.05) is 26.7 Å². The molecule has 1 aromatic rings. The number of aromatic nitrogens is 1. The van der Waals surface area contributed by atoms with E-state index < -0.39 is 23.3 Å². The second-order valence-corrected chi connectivity index (χ2v) is 9.47. The molecule has 1 atom stereocenters. The summed E-state index contributed by atoms with van der Waals surface area (Å²) in [5.41, 5.74) is -0.567. The first-order valence-electron chi connectivity index (χ1n) is 12.3. The van der Waals surface area contributed by atoms with Gasteiger partial charge in [0.25, 0.3) is 11.8 Å². The summed E-state index contributed by atoms with van der Waals surface area (Å²) in [5, 5.41) is 0. The molecular formula is C25H37N3O5. The van der Waals surface area contributed by atoms with Crippen LogP contribution in [-0.4, -0.2) is 64.4 Å². The number of hydrogen-bond acceptors (Lipinski definition) is 5. The van der Waals surface area contributed by atoms with Crippen LogP contribution >= 0.6 is 0 Å². The molecule has 33 heavy (non-hydrogen) atoms. The van der Waals surface area contributed by atoms with Gasteiger partial charge in [-0.05, 0) is 44.9 Å². The van der Waals surface area contributed by atoms with E-state index in [9.17, 15) is 19.2 Å². The minimum absolute atomic E-state index is 0.0353. The number of rotatable bonds is 6. The number of ether oxygens (including phenoxy) is 1. The molecule has 2 aliphatic rings. The summed E-state index contributed by atoms with van der Waals surface area (Å²) in [6.07, 6.45) is 9.20. The highest BCUT2D eigenvalue weighted by molar-refractivity contribution is 6.00. The van der Waals surface area contributed by atoms with Crippen molar-refractivity contribution in [2.75, 3.05) is 26.2 Å². The maximum absolute atomic E-state index is 13.6. The maximum atomic E-state index is 13.6. The highest BCUT2D eigenvalue weighted by Gasteiger charge is 2.35. The lowest BCUT2D eigenvalue weighted by Crippen LogP contribution is -2.50. The molecule has 3 heterocycles. The minimum Gasteiger partial charge on any atom is -0.464 e. The van der Waals surface area contributed by atoms with Crippen LogP contribution in [0.5, 0.6) is 0 Å². The van der Waals surface area contributed by atoms with Crippen molar-refractivity contribution in [2.45, 2.75) is 78.3 Å². The molecule has 0 saturated carbocycles. The van der Waals surface area contributed by atoms with Crippen LogP contribution in [0.2, 0.25) is 0 Å². The zero-order chi connectivity index (χ0) is 24.0. The van der Waals surface area contributed by atoms with Crippen LogP contribution in [0.25, 0.3) is 0 Å². The van der Waals surface area contributed by atoms with Crippen molar-refractivity contribution >= 4 is 17.8 Å². The van der Waals surface area contributed by atoms with Crippen molar-refractivity contribution in [1.82, 2.24) is 14.4 Å². The van der Waals surface area contributed by atoms with E-state index in [1.165, 1.54) is 4.90 Å². The van der Waals surface area contributed by atoms with E-state index in [2.05, 4.69) is 0 Å². The second-order valence-electron chi connectivity index (χ2n) is 9.47. The van der Waals surface area contributed by atoms with Gasteiger partial charge in [-0.15, -0.1) is 0 Å². The van der Waals surface area contributed by atoms with Gasteiger partial charge in [0.1, 0.15) is 17.2 Å². The van der Waals surface area contributed by atoms with Crippen LogP contribution < -0.4 is 5.43 Å². The fourth-order valence-corrected chi connectivity index (χ4v) is 4.72. The lowest BCUT2D eigenvalue weighted by molar-refractivity contribution is -0.149.